The number of anilines is 1. The summed E-state index contributed by atoms with van der Waals surface area (Å²) < 4.78 is 0. The maximum Gasteiger partial charge on any atom is 0.246 e. The van der Waals surface area contributed by atoms with Crippen LogP contribution in [0.2, 0.25) is 0 Å². The van der Waals surface area contributed by atoms with Gasteiger partial charge < -0.3 is 5.73 Å². The first-order chi connectivity index (χ1) is 10.4. The molecule has 1 rings (SSSR count). The number of carbonyl (C=O) groups excluding carboxylic acids is 2. The predicted octanol–water partition coefficient (Wildman–Crippen LogP) is 0.159. The molecule has 1 atom stereocenters. The summed E-state index contributed by atoms with van der Waals surface area (Å²) in [4.78, 5) is 28.2. The number of rotatable bonds is 8. The number of hydrogen-bond acceptors (Lipinski definition) is 7. The van der Waals surface area contributed by atoms with Crippen molar-refractivity contribution in [2.75, 3.05) is 5.73 Å². The highest BCUT2D eigenvalue weighted by Crippen LogP contribution is 2.37. The average molecular weight is 328 g/mol. The topological polar surface area (TPSA) is 149 Å². The molecule has 1 heterocycles. The second-order valence-electron chi connectivity index (χ2n) is 5.63. The lowest BCUT2D eigenvalue weighted by Crippen LogP contribution is -2.48. The zero-order valence-corrected chi connectivity index (χ0v) is 13.7. The number of hydrogen-bond donors (Lipinski definition) is 5. The van der Waals surface area contributed by atoms with E-state index < -0.39 is 5.41 Å². The van der Waals surface area contributed by atoms with Crippen LogP contribution < -0.4 is 28.3 Å². The molecule has 0 unspecified atom stereocenters. The van der Waals surface area contributed by atoms with Crippen molar-refractivity contribution in [3.05, 3.63) is 11.1 Å². The lowest BCUT2D eigenvalue weighted by Gasteiger charge is -2.31. The van der Waals surface area contributed by atoms with Gasteiger partial charge in [0.1, 0.15) is 0 Å². The van der Waals surface area contributed by atoms with Crippen molar-refractivity contribution in [3.8, 4) is 0 Å². The summed E-state index contributed by atoms with van der Waals surface area (Å²) in [5.41, 5.74) is 9.53. The van der Waals surface area contributed by atoms with E-state index in [1.807, 2.05) is 0 Å². The molecule has 124 valence electrons. The minimum Gasteiger partial charge on any atom is -0.375 e. The molecule has 8 N–H and O–H groups in total. The number of nitrogen functional groups attached to an aromatic ring is 1. The second kappa shape index (κ2) is 8.06. The summed E-state index contributed by atoms with van der Waals surface area (Å²) in [5, 5.41) is 2.11. The van der Waals surface area contributed by atoms with E-state index in [0.717, 1.165) is 6.42 Å². The Morgan fingerprint density at radius 2 is 2.00 bits per heavy atom. The van der Waals surface area contributed by atoms with Gasteiger partial charge in [-0.2, -0.15) is 0 Å². The Morgan fingerprint density at radius 1 is 1.32 bits per heavy atom. The molecule has 22 heavy (non-hydrogen) atoms. The fourth-order valence-corrected chi connectivity index (χ4v) is 2.97. The van der Waals surface area contributed by atoms with Crippen molar-refractivity contribution in [3.63, 3.8) is 0 Å². The van der Waals surface area contributed by atoms with Crippen LogP contribution in [0.15, 0.2) is 5.38 Å². The van der Waals surface area contributed by atoms with Crippen molar-refractivity contribution in [1.82, 2.24) is 15.8 Å². The van der Waals surface area contributed by atoms with Gasteiger partial charge in [-0.25, -0.2) is 16.7 Å². The van der Waals surface area contributed by atoms with Gasteiger partial charge in [0.05, 0.1) is 11.1 Å². The minimum absolute atomic E-state index is 0.0967. The number of carbonyl (C=O) groups is 2. The highest BCUT2D eigenvalue weighted by molar-refractivity contribution is 7.13. The van der Waals surface area contributed by atoms with E-state index in [2.05, 4.69) is 29.7 Å². The molecule has 0 radical (unpaired) electrons. The van der Waals surface area contributed by atoms with E-state index >= 15 is 0 Å². The molecule has 9 heteroatoms. The number of nitrogens with one attached hydrogen (secondary N) is 2. The zero-order chi connectivity index (χ0) is 16.8. The highest BCUT2D eigenvalue weighted by atomic mass is 32.1. The third kappa shape index (κ3) is 4.39. The summed E-state index contributed by atoms with van der Waals surface area (Å²) >= 11 is 1.25. The van der Waals surface area contributed by atoms with Crippen LogP contribution in [0.5, 0.6) is 0 Å². The molecule has 0 saturated heterocycles. The molecule has 0 saturated carbocycles. The molecule has 1 aromatic heterocycles. The zero-order valence-electron chi connectivity index (χ0n) is 12.9. The molecule has 0 bridgehead atoms. The first kappa shape index (κ1) is 18.3. The lowest BCUT2D eigenvalue weighted by molar-refractivity contribution is -0.128. The standard InChI is InChI=1S/C13H24N6O2S/c1-8(2)3-5-13(11(21)19-16,6-4-10(20)18-15)9-7-22-12(14)17-9/h7-8H,3-6,15-16H2,1-2H3,(H2,14,17)(H,18,20)(H,19,21)/t13-/m0/s1. The average Bonchev–Trinajstić information content (AvgIpc) is 2.93. The number of hydrazine groups is 2. The number of nitrogens with zero attached hydrogens (tertiary/aromatic N) is 1. The van der Waals surface area contributed by atoms with E-state index in [0.29, 0.717) is 23.2 Å². The van der Waals surface area contributed by atoms with Crippen molar-refractivity contribution in [2.45, 2.75) is 44.9 Å². The Kier molecular flexibility index (Phi) is 6.72. The van der Waals surface area contributed by atoms with Gasteiger partial charge in [-0.3, -0.25) is 20.4 Å². The van der Waals surface area contributed by atoms with E-state index in [4.69, 9.17) is 17.4 Å². The highest BCUT2D eigenvalue weighted by Gasteiger charge is 2.42. The Bertz CT molecular complexity index is 518. The van der Waals surface area contributed by atoms with Gasteiger partial charge in [0.2, 0.25) is 11.8 Å². The van der Waals surface area contributed by atoms with Crippen LogP contribution in [-0.2, 0) is 15.0 Å². The van der Waals surface area contributed by atoms with E-state index in [1.165, 1.54) is 11.3 Å². The summed E-state index contributed by atoms with van der Waals surface area (Å²) in [6.07, 6.45) is 1.66. The van der Waals surface area contributed by atoms with E-state index in [9.17, 15) is 9.59 Å². The molecule has 0 fully saturated rings. The molecular formula is C13H24N6O2S. The lowest BCUT2D eigenvalue weighted by atomic mass is 9.74. The largest absolute Gasteiger partial charge is 0.375 e. The monoisotopic (exact) mass is 328 g/mol. The molecule has 0 spiro atoms. The van der Waals surface area contributed by atoms with Crippen LogP contribution in [0, 0.1) is 5.92 Å². The molecule has 0 aliphatic rings. The Labute approximate surface area is 133 Å². The van der Waals surface area contributed by atoms with E-state index in [1.54, 1.807) is 5.38 Å². The first-order valence-corrected chi connectivity index (χ1v) is 7.95. The maximum atomic E-state index is 12.5. The maximum absolute atomic E-state index is 12.5. The number of thiazole rings is 1. The normalized spacial score (nSPS) is 13.7. The summed E-state index contributed by atoms with van der Waals surface area (Å²) in [6.45, 7) is 4.13. The number of amides is 2. The van der Waals surface area contributed by atoms with Crippen molar-refractivity contribution in [2.24, 2.45) is 17.6 Å². The Balaban J connectivity index is 3.16. The van der Waals surface area contributed by atoms with Gasteiger partial charge in [-0.05, 0) is 25.2 Å². The van der Waals surface area contributed by atoms with Crippen LogP contribution in [0.4, 0.5) is 5.13 Å². The molecule has 0 aliphatic carbocycles. The first-order valence-electron chi connectivity index (χ1n) is 7.07. The van der Waals surface area contributed by atoms with Crippen LogP contribution in [-0.4, -0.2) is 16.8 Å². The minimum atomic E-state index is -0.986. The summed E-state index contributed by atoms with van der Waals surface area (Å²) in [5.74, 6) is 10.2. The second-order valence-corrected chi connectivity index (χ2v) is 6.52. The van der Waals surface area contributed by atoms with Crippen molar-refractivity contribution in [1.29, 1.82) is 0 Å². The molecule has 8 nitrogen and oxygen atoms in total. The fraction of sp³-hybridized carbons (Fsp3) is 0.615. The molecule has 2 amide bonds. The Hall–Kier alpha value is -1.71. The van der Waals surface area contributed by atoms with Crippen LogP contribution >= 0.6 is 11.3 Å². The molecule has 0 aliphatic heterocycles. The SMILES string of the molecule is CC(C)CC[C@@](CCC(=O)NN)(C(=O)NN)c1csc(N)n1. The van der Waals surface area contributed by atoms with E-state index in [-0.39, 0.29) is 24.7 Å². The van der Waals surface area contributed by atoms with Crippen LogP contribution in [0.1, 0.15) is 45.2 Å². The third-order valence-corrected chi connectivity index (χ3v) is 4.34. The van der Waals surface area contributed by atoms with Crippen LogP contribution in [0.25, 0.3) is 0 Å². The van der Waals surface area contributed by atoms with Gasteiger partial charge >= 0.3 is 0 Å². The van der Waals surface area contributed by atoms with Gasteiger partial charge in [-0.15, -0.1) is 11.3 Å². The Morgan fingerprint density at radius 3 is 2.45 bits per heavy atom. The molecular weight excluding hydrogens is 304 g/mol. The van der Waals surface area contributed by atoms with Crippen molar-refractivity contribution >= 4 is 28.3 Å². The van der Waals surface area contributed by atoms with Crippen LogP contribution in [0.3, 0.4) is 0 Å². The number of aromatic nitrogens is 1. The molecule has 1 aromatic rings. The van der Waals surface area contributed by atoms with Gasteiger partial charge in [0.25, 0.3) is 0 Å². The predicted molar refractivity (Wildman–Crippen MR) is 86.2 cm³/mol. The third-order valence-electron chi connectivity index (χ3n) is 3.67. The van der Waals surface area contributed by atoms with Gasteiger partial charge in [-0.1, -0.05) is 13.8 Å². The molecule has 0 aromatic carbocycles. The van der Waals surface area contributed by atoms with Gasteiger partial charge in [0.15, 0.2) is 5.13 Å². The fourth-order valence-electron chi connectivity index (χ4n) is 2.30. The summed E-state index contributed by atoms with van der Waals surface area (Å²) in [7, 11) is 0. The summed E-state index contributed by atoms with van der Waals surface area (Å²) in [6, 6.07) is 0. The van der Waals surface area contributed by atoms with Crippen molar-refractivity contribution < 1.29 is 9.59 Å². The smallest absolute Gasteiger partial charge is 0.246 e. The van der Waals surface area contributed by atoms with Gasteiger partial charge in [0, 0.05) is 11.8 Å². The number of nitrogens with two attached hydrogens (primary N) is 3. The quantitative estimate of drug-likeness (QED) is 0.261.